The normalized spacial score (nSPS) is 19.8. The van der Waals surface area contributed by atoms with Gasteiger partial charge < -0.3 is 10.6 Å². The predicted octanol–water partition coefficient (Wildman–Crippen LogP) is 3.14. The number of carbonyl (C=O) groups is 3. The molecule has 0 radical (unpaired) electrons. The van der Waals surface area contributed by atoms with Crippen LogP contribution in [0.1, 0.15) is 56.2 Å². The maximum Gasteiger partial charge on any atom is 0.416 e. The highest BCUT2D eigenvalue weighted by molar-refractivity contribution is 6.07. The van der Waals surface area contributed by atoms with Crippen LogP contribution >= 0.6 is 0 Å². The SMILES string of the molecule is C[C@@H](NC(=O)CCN1C(=O)NC2(CCCC2)C1=O)c1cccc(C(F)(F)F)c1. The Balaban J connectivity index is 1.56. The van der Waals surface area contributed by atoms with Gasteiger partial charge in [0.05, 0.1) is 11.6 Å². The van der Waals surface area contributed by atoms with Crippen molar-refractivity contribution in [3.8, 4) is 0 Å². The topological polar surface area (TPSA) is 78.5 Å². The van der Waals surface area contributed by atoms with Crippen molar-refractivity contribution in [2.24, 2.45) is 0 Å². The van der Waals surface area contributed by atoms with Gasteiger partial charge in [-0.05, 0) is 37.5 Å². The summed E-state index contributed by atoms with van der Waals surface area (Å²) in [5.41, 5.74) is -1.28. The monoisotopic (exact) mass is 397 g/mol. The second-order valence-corrected chi connectivity index (χ2v) is 7.34. The summed E-state index contributed by atoms with van der Waals surface area (Å²) in [6, 6.07) is 3.61. The van der Waals surface area contributed by atoms with E-state index in [0.29, 0.717) is 18.4 Å². The summed E-state index contributed by atoms with van der Waals surface area (Å²) < 4.78 is 38.5. The fourth-order valence-electron chi connectivity index (χ4n) is 3.79. The third-order valence-corrected chi connectivity index (χ3v) is 5.36. The summed E-state index contributed by atoms with van der Waals surface area (Å²) in [5, 5.41) is 5.35. The molecule has 1 aliphatic carbocycles. The van der Waals surface area contributed by atoms with Gasteiger partial charge in [-0.2, -0.15) is 13.2 Å². The first-order valence-corrected chi connectivity index (χ1v) is 9.23. The minimum atomic E-state index is -4.46. The Hall–Kier alpha value is -2.58. The van der Waals surface area contributed by atoms with Crippen molar-refractivity contribution >= 4 is 17.8 Å². The molecule has 0 aromatic heterocycles. The van der Waals surface area contributed by atoms with Crippen LogP contribution < -0.4 is 10.6 Å². The number of halogens is 3. The van der Waals surface area contributed by atoms with E-state index in [1.54, 1.807) is 6.92 Å². The van der Waals surface area contributed by atoms with E-state index >= 15 is 0 Å². The van der Waals surface area contributed by atoms with Crippen LogP contribution in [-0.4, -0.2) is 34.8 Å². The predicted molar refractivity (Wildman–Crippen MR) is 94.1 cm³/mol. The van der Waals surface area contributed by atoms with E-state index in [1.165, 1.54) is 12.1 Å². The van der Waals surface area contributed by atoms with E-state index in [9.17, 15) is 27.6 Å². The molecule has 28 heavy (non-hydrogen) atoms. The van der Waals surface area contributed by atoms with Gasteiger partial charge in [0.25, 0.3) is 5.91 Å². The molecular formula is C19H22F3N3O3. The largest absolute Gasteiger partial charge is 0.416 e. The maximum atomic E-state index is 12.8. The molecule has 1 aliphatic heterocycles. The lowest BCUT2D eigenvalue weighted by Crippen LogP contribution is -2.44. The molecule has 2 aliphatic rings. The molecule has 1 aromatic carbocycles. The number of hydrogen-bond acceptors (Lipinski definition) is 3. The first kappa shape index (κ1) is 20.2. The lowest BCUT2D eigenvalue weighted by Gasteiger charge is -2.20. The standard InChI is InChI=1S/C19H22F3N3O3/c1-12(13-5-4-6-14(11-13)19(20,21)22)23-15(26)7-10-25-16(27)18(24-17(25)28)8-2-3-9-18/h4-6,11-12H,2-3,7-10H2,1H3,(H,23,26)(H,24,28)/t12-/m1/s1. The molecule has 2 fully saturated rings. The quantitative estimate of drug-likeness (QED) is 0.750. The summed E-state index contributed by atoms with van der Waals surface area (Å²) in [4.78, 5) is 37.9. The van der Waals surface area contributed by atoms with Gasteiger partial charge in [-0.3, -0.25) is 14.5 Å². The van der Waals surface area contributed by atoms with Gasteiger partial charge in [0, 0.05) is 13.0 Å². The summed E-state index contributed by atoms with van der Waals surface area (Å²) in [6.45, 7) is 1.52. The van der Waals surface area contributed by atoms with E-state index in [-0.39, 0.29) is 18.9 Å². The van der Waals surface area contributed by atoms with Gasteiger partial charge in [-0.1, -0.05) is 25.0 Å². The fraction of sp³-hybridized carbons (Fsp3) is 0.526. The summed E-state index contributed by atoms with van der Waals surface area (Å²) in [7, 11) is 0. The van der Waals surface area contributed by atoms with Crippen LogP contribution in [0, 0.1) is 0 Å². The molecule has 4 amide bonds. The molecule has 3 rings (SSSR count). The molecule has 1 saturated carbocycles. The van der Waals surface area contributed by atoms with Crippen LogP contribution in [0.5, 0.6) is 0 Å². The molecule has 1 saturated heterocycles. The van der Waals surface area contributed by atoms with E-state index < -0.39 is 35.3 Å². The van der Waals surface area contributed by atoms with Crippen molar-refractivity contribution in [2.45, 2.75) is 56.8 Å². The Bertz CT molecular complexity index is 788. The molecule has 6 nitrogen and oxygen atoms in total. The van der Waals surface area contributed by atoms with Crippen molar-refractivity contribution in [3.63, 3.8) is 0 Å². The second-order valence-electron chi connectivity index (χ2n) is 7.34. The molecule has 152 valence electrons. The number of nitrogens with zero attached hydrogens (tertiary/aromatic N) is 1. The number of rotatable bonds is 5. The molecule has 0 unspecified atom stereocenters. The van der Waals surface area contributed by atoms with Crippen molar-refractivity contribution in [1.29, 1.82) is 0 Å². The van der Waals surface area contributed by atoms with Crippen LogP contribution in [0.15, 0.2) is 24.3 Å². The number of nitrogens with one attached hydrogen (secondary N) is 2. The summed E-state index contributed by atoms with van der Waals surface area (Å²) in [5.74, 6) is -0.744. The minimum Gasteiger partial charge on any atom is -0.350 e. The molecular weight excluding hydrogens is 375 g/mol. The van der Waals surface area contributed by atoms with Crippen LogP contribution in [0.3, 0.4) is 0 Å². The Morgan fingerprint density at radius 1 is 1.29 bits per heavy atom. The zero-order valence-corrected chi connectivity index (χ0v) is 15.4. The average molecular weight is 397 g/mol. The highest BCUT2D eigenvalue weighted by Gasteiger charge is 2.52. The maximum absolute atomic E-state index is 12.8. The number of carbonyl (C=O) groups excluding carboxylic acids is 3. The number of amides is 4. The molecule has 1 heterocycles. The zero-order valence-electron chi connectivity index (χ0n) is 15.4. The van der Waals surface area contributed by atoms with E-state index in [0.717, 1.165) is 29.9 Å². The Morgan fingerprint density at radius 3 is 2.61 bits per heavy atom. The number of urea groups is 1. The Kier molecular flexibility index (Phi) is 5.36. The van der Waals surface area contributed by atoms with Gasteiger partial charge in [-0.15, -0.1) is 0 Å². The lowest BCUT2D eigenvalue weighted by atomic mass is 9.98. The molecule has 1 atom stereocenters. The van der Waals surface area contributed by atoms with Crippen LogP contribution in [-0.2, 0) is 15.8 Å². The zero-order chi connectivity index (χ0) is 20.5. The summed E-state index contributed by atoms with van der Waals surface area (Å²) >= 11 is 0. The van der Waals surface area contributed by atoms with E-state index in [4.69, 9.17) is 0 Å². The number of hydrogen-bond donors (Lipinski definition) is 2. The van der Waals surface area contributed by atoms with Crippen LogP contribution in [0.4, 0.5) is 18.0 Å². The van der Waals surface area contributed by atoms with Crippen molar-refractivity contribution < 1.29 is 27.6 Å². The second kappa shape index (κ2) is 7.44. The average Bonchev–Trinajstić information content (AvgIpc) is 3.18. The molecule has 1 spiro atoms. The van der Waals surface area contributed by atoms with Crippen LogP contribution in [0.25, 0.3) is 0 Å². The molecule has 9 heteroatoms. The van der Waals surface area contributed by atoms with Gasteiger partial charge in [0.2, 0.25) is 5.91 Å². The highest BCUT2D eigenvalue weighted by Crippen LogP contribution is 2.35. The highest BCUT2D eigenvalue weighted by atomic mass is 19.4. The van der Waals surface area contributed by atoms with Crippen molar-refractivity contribution in [1.82, 2.24) is 15.5 Å². The lowest BCUT2D eigenvalue weighted by molar-refractivity contribution is -0.137. The number of alkyl halides is 3. The van der Waals surface area contributed by atoms with E-state index in [1.807, 2.05) is 0 Å². The van der Waals surface area contributed by atoms with E-state index in [2.05, 4.69) is 10.6 Å². The van der Waals surface area contributed by atoms with Gasteiger partial charge in [-0.25, -0.2) is 4.79 Å². The van der Waals surface area contributed by atoms with Crippen molar-refractivity contribution in [2.75, 3.05) is 6.54 Å². The Labute approximate surface area is 160 Å². The minimum absolute atomic E-state index is 0.0619. The van der Waals surface area contributed by atoms with Gasteiger partial charge in [0.15, 0.2) is 0 Å². The Morgan fingerprint density at radius 2 is 1.96 bits per heavy atom. The first-order valence-electron chi connectivity index (χ1n) is 9.23. The first-order chi connectivity index (χ1) is 13.1. The smallest absolute Gasteiger partial charge is 0.350 e. The molecule has 1 aromatic rings. The molecule has 2 N–H and O–H groups in total. The molecule has 0 bridgehead atoms. The van der Waals surface area contributed by atoms with Gasteiger partial charge >= 0.3 is 12.2 Å². The fourth-order valence-corrected chi connectivity index (χ4v) is 3.79. The van der Waals surface area contributed by atoms with Gasteiger partial charge in [0.1, 0.15) is 5.54 Å². The summed E-state index contributed by atoms with van der Waals surface area (Å²) in [6.07, 6.45) is -1.62. The third kappa shape index (κ3) is 3.98. The van der Waals surface area contributed by atoms with Crippen molar-refractivity contribution in [3.05, 3.63) is 35.4 Å². The number of imide groups is 1. The third-order valence-electron chi connectivity index (χ3n) is 5.36. The van der Waals surface area contributed by atoms with Crippen LogP contribution in [0.2, 0.25) is 0 Å². The number of benzene rings is 1.